The highest BCUT2D eigenvalue weighted by atomic mass is 16.1. The molecule has 0 spiro atoms. The molecule has 0 aliphatic carbocycles. The van der Waals surface area contributed by atoms with E-state index < -0.39 is 0 Å². The van der Waals surface area contributed by atoms with Crippen LogP contribution in [-0.2, 0) is 11.3 Å². The lowest BCUT2D eigenvalue weighted by atomic mass is 10.0. The van der Waals surface area contributed by atoms with Gasteiger partial charge in [0, 0.05) is 12.6 Å². The maximum absolute atomic E-state index is 11.6. The van der Waals surface area contributed by atoms with Crippen molar-refractivity contribution in [2.45, 2.75) is 26.3 Å². The Morgan fingerprint density at radius 2 is 2.00 bits per heavy atom. The summed E-state index contributed by atoms with van der Waals surface area (Å²) in [6.07, 6.45) is 4.94. The van der Waals surface area contributed by atoms with Crippen molar-refractivity contribution in [1.82, 2.24) is 9.78 Å². The van der Waals surface area contributed by atoms with E-state index in [9.17, 15) is 4.79 Å². The number of nitrogens with one attached hydrogen (secondary N) is 1. The van der Waals surface area contributed by atoms with E-state index in [-0.39, 0.29) is 5.91 Å². The zero-order valence-corrected chi connectivity index (χ0v) is 12.6. The third-order valence-corrected chi connectivity index (χ3v) is 3.61. The summed E-state index contributed by atoms with van der Waals surface area (Å²) >= 11 is 0. The highest BCUT2D eigenvalue weighted by Crippen LogP contribution is 2.19. The van der Waals surface area contributed by atoms with Crippen molar-refractivity contribution in [1.29, 1.82) is 0 Å². The van der Waals surface area contributed by atoms with E-state index in [1.54, 1.807) is 6.20 Å². The van der Waals surface area contributed by atoms with Crippen molar-refractivity contribution in [3.63, 3.8) is 0 Å². The van der Waals surface area contributed by atoms with Gasteiger partial charge in [0.05, 0.1) is 18.4 Å². The number of carbonyl (C=O) groups excluding carboxylic acids is 1. The molecule has 1 amide bonds. The highest BCUT2D eigenvalue weighted by Gasteiger charge is 2.05. The van der Waals surface area contributed by atoms with E-state index in [4.69, 9.17) is 0 Å². The van der Waals surface area contributed by atoms with E-state index in [1.807, 2.05) is 29.9 Å². The van der Waals surface area contributed by atoms with Crippen molar-refractivity contribution < 1.29 is 4.79 Å². The maximum Gasteiger partial charge on any atom is 0.224 e. The predicted molar refractivity (Wildman–Crippen MR) is 88.8 cm³/mol. The monoisotopic (exact) mass is 293 g/mol. The minimum atomic E-state index is 0.0345. The van der Waals surface area contributed by atoms with Crippen LogP contribution in [0.1, 0.15) is 25.3 Å². The number of fused-ring (bicyclic) bond motifs is 1. The average molecular weight is 293 g/mol. The quantitative estimate of drug-likeness (QED) is 0.777. The average Bonchev–Trinajstić information content (AvgIpc) is 2.95. The van der Waals surface area contributed by atoms with Gasteiger partial charge in [-0.05, 0) is 22.8 Å². The molecule has 3 rings (SSSR count). The van der Waals surface area contributed by atoms with Crippen LogP contribution in [0, 0.1) is 0 Å². The summed E-state index contributed by atoms with van der Waals surface area (Å²) in [6, 6.07) is 14.6. The van der Waals surface area contributed by atoms with Crippen molar-refractivity contribution in [3.8, 4) is 0 Å². The van der Waals surface area contributed by atoms with Crippen molar-refractivity contribution >= 4 is 22.4 Å². The minimum absolute atomic E-state index is 0.0345. The van der Waals surface area contributed by atoms with Crippen LogP contribution in [0.15, 0.2) is 54.9 Å². The van der Waals surface area contributed by atoms with Crippen LogP contribution < -0.4 is 5.32 Å². The van der Waals surface area contributed by atoms with Gasteiger partial charge >= 0.3 is 0 Å². The van der Waals surface area contributed by atoms with Crippen LogP contribution in [0.3, 0.4) is 0 Å². The van der Waals surface area contributed by atoms with Crippen LogP contribution in [0.4, 0.5) is 5.69 Å². The molecular weight excluding hydrogens is 274 g/mol. The molecule has 22 heavy (non-hydrogen) atoms. The minimum Gasteiger partial charge on any atom is -0.323 e. The number of anilines is 1. The van der Waals surface area contributed by atoms with Gasteiger partial charge in [-0.2, -0.15) is 5.10 Å². The molecule has 1 N–H and O–H groups in total. The Morgan fingerprint density at radius 3 is 2.86 bits per heavy atom. The summed E-state index contributed by atoms with van der Waals surface area (Å²) in [5, 5.41) is 9.66. The third-order valence-electron chi connectivity index (χ3n) is 3.61. The van der Waals surface area contributed by atoms with Gasteiger partial charge in [-0.1, -0.05) is 49.4 Å². The molecule has 0 saturated heterocycles. The van der Waals surface area contributed by atoms with Gasteiger partial charge in [-0.3, -0.25) is 9.48 Å². The number of aromatic nitrogens is 2. The lowest BCUT2D eigenvalue weighted by molar-refractivity contribution is -0.116. The number of amides is 1. The van der Waals surface area contributed by atoms with E-state index in [2.05, 4.69) is 40.7 Å². The predicted octanol–water partition coefficient (Wildman–Crippen LogP) is 3.82. The molecule has 1 aromatic heterocycles. The van der Waals surface area contributed by atoms with Crippen LogP contribution in [0.5, 0.6) is 0 Å². The van der Waals surface area contributed by atoms with Crippen molar-refractivity contribution in [2.24, 2.45) is 0 Å². The van der Waals surface area contributed by atoms with Gasteiger partial charge in [-0.25, -0.2) is 0 Å². The molecule has 2 aromatic carbocycles. The Labute approximate surface area is 129 Å². The normalized spacial score (nSPS) is 10.8. The maximum atomic E-state index is 11.6. The lowest BCUT2D eigenvalue weighted by Gasteiger charge is -2.06. The number of rotatable bonds is 5. The molecular formula is C18H19N3O. The Hall–Kier alpha value is -2.62. The standard InChI is InChI=1S/C18H19N3O/c1-2-6-18(22)20-16-11-19-21(13-16)12-15-9-5-8-14-7-3-4-10-17(14)15/h3-5,7-11,13H,2,6,12H2,1H3,(H,20,22). The second-order valence-electron chi connectivity index (χ2n) is 5.36. The van der Waals surface area contributed by atoms with Gasteiger partial charge in [0.2, 0.25) is 5.91 Å². The smallest absolute Gasteiger partial charge is 0.224 e. The van der Waals surface area contributed by atoms with Gasteiger partial charge in [0.1, 0.15) is 0 Å². The number of carbonyl (C=O) groups is 1. The number of hydrogen-bond donors (Lipinski definition) is 1. The van der Waals surface area contributed by atoms with Gasteiger partial charge in [0.25, 0.3) is 0 Å². The molecule has 0 bridgehead atoms. The Kier molecular flexibility index (Phi) is 4.19. The van der Waals surface area contributed by atoms with Crippen LogP contribution in [0.25, 0.3) is 10.8 Å². The molecule has 0 fully saturated rings. The second kappa shape index (κ2) is 6.43. The molecule has 4 nitrogen and oxygen atoms in total. The Morgan fingerprint density at radius 1 is 1.18 bits per heavy atom. The fraction of sp³-hybridized carbons (Fsp3) is 0.222. The largest absolute Gasteiger partial charge is 0.323 e. The number of nitrogens with zero attached hydrogens (tertiary/aromatic N) is 2. The fourth-order valence-corrected chi connectivity index (χ4v) is 2.57. The summed E-state index contributed by atoms with van der Waals surface area (Å²) < 4.78 is 1.85. The summed E-state index contributed by atoms with van der Waals surface area (Å²) in [6.45, 7) is 2.68. The molecule has 0 unspecified atom stereocenters. The zero-order valence-electron chi connectivity index (χ0n) is 12.6. The molecule has 0 saturated carbocycles. The number of benzene rings is 2. The molecule has 4 heteroatoms. The number of hydrogen-bond acceptors (Lipinski definition) is 2. The van der Waals surface area contributed by atoms with Gasteiger partial charge in [-0.15, -0.1) is 0 Å². The second-order valence-corrected chi connectivity index (χ2v) is 5.36. The first-order chi connectivity index (χ1) is 10.8. The van der Waals surface area contributed by atoms with Crippen LogP contribution >= 0.6 is 0 Å². The SMILES string of the molecule is CCCC(=O)Nc1cnn(Cc2cccc3ccccc23)c1. The van der Waals surface area contributed by atoms with Crippen molar-refractivity contribution in [2.75, 3.05) is 5.32 Å². The van der Waals surface area contributed by atoms with E-state index >= 15 is 0 Å². The van der Waals surface area contributed by atoms with Gasteiger partial charge in [0.15, 0.2) is 0 Å². The fourth-order valence-electron chi connectivity index (χ4n) is 2.57. The van der Waals surface area contributed by atoms with Crippen LogP contribution in [0.2, 0.25) is 0 Å². The van der Waals surface area contributed by atoms with E-state index in [1.165, 1.54) is 16.3 Å². The van der Waals surface area contributed by atoms with E-state index in [0.717, 1.165) is 12.1 Å². The first kappa shape index (κ1) is 14.3. The van der Waals surface area contributed by atoms with Crippen LogP contribution in [-0.4, -0.2) is 15.7 Å². The molecule has 112 valence electrons. The first-order valence-corrected chi connectivity index (χ1v) is 7.55. The summed E-state index contributed by atoms with van der Waals surface area (Å²) in [4.78, 5) is 11.6. The molecule has 0 atom stereocenters. The Balaban J connectivity index is 1.78. The summed E-state index contributed by atoms with van der Waals surface area (Å²) in [7, 11) is 0. The summed E-state index contributed by atoms with van der Waals surface area (Å²) in [5.74, 6) is 0.0345. The summed E-state index contributed by atoms with van der Waals surface area (Å²) in [5.41, 5.74) is 1.96. The van der Waals surface area contributed by atoms with Crippen molar-refractivity contribution in [3.05, 3.63) is 60.4 Å². The topological polar surface area (TPSA) is 46.9 Å². The molecule has 0 aliphatic heterocycles. The lowest BCUT2D eigenvalue weighted by Crippen LogP contribution is -2.09. The molecule has 3 aromatic rings. The molecule has 0 radical (unpaired) electrons. The first-order valence-electron chi connectivity index (χ1n) is 7.55. The zero-order chi connectivity index (χ0) is 15.4. The third kappa shape index (κ3) is 3.17. The Bertz CT molecular complexity index is 786. The molecule has 0 aliphatic rings. The van der Waals surface area contributed by atoms with E-state index in [0.29, 0.717) is 13.0 Å². The highest BCUT2D eigenvalue weighted by molar-refractivity contribution is 5.90. The molecule has 1 heterocycles. The van der Waals surface area contributed by atoms with Gasteiger partial charge < -0.3 is 5.32 Å².